The highest BCUT2D eigenvalue weighted by Gasteiger charge is 2.07. The van der Waals surface area contributed by atoms with Crippen LogP contribution in [-0.4, -0.2) is 49.6 Å². The number of hydrogen-bond donors (Lipinski definition) is 3. The van der Waals surface area contributed by atoms with Crippen LogP contribution in [0.4, 0.5) is 0 Å². The lowest BCUT2D eigenvalue weighted by molar-refractivity contribution is 0.0686. The van der Waals surface area contributed by atoms with Gasteiger partial charge in [-0.25, -0.2) is 0 Å². The van der Waals surface area contributed by atoms with Crippen molar-refractivity contribution in [3.63, 3.8) is 0 Å². The molecule has 0 aliphatic carbocycles. The highest BCUT2D eigenvalue weighted by molar-refractivity contribution is 5.94. The monoisotopic (exact) mass is 283 g/mol. The average Bonchev–Trinajstić information content (AvgIpc) is 2.40. The third-order valence-electron chi connectivity index (χ3n) is 2.60. The largest absolute Gasteiger partial charge is 0.508 e. The van der Waals surface area contributed by atoms with Crippen LogP contribution in [0.25, 0.3) is 0 Å². The number of unbranched alkanes of at least 4 members (excludes halogenated alkanes) is 1. The van der Waals surface area contributed by atoms with E-state index in [0.717, 1.165) is 12.8 Å². The number of amides is 1. The SMILES string of the molecule is COCCOCCCCNC(=O)c1cc(O)cc(O)c1. The average molecular weight is 283 g/mol. The maximum Gasteiger partial charge on any atom is 0.251 e. The molecule has 112 valence electrons. The second-order valence-electron chi connectivity index (χ2n) is 4.31. The Kier molecular flexibility index (Phi) is 7.46. The molecule has 1 aromatic carbocycles. The Morgan fingerprint density at radius 3 is 2.45 bits per heavy atom. The molecule has 0 aliphatic rings. The molecule has 0 bridgehead atoms. The van der Waals surface area contributed by atoms with Crippen LogP contribution in [0.1, 0.15) is 23.2 Å². The van der Waals surface area contributed by atoms with Gasteiger partial charge in [0.15, 0.2) is 0 Å². The van der Waals surface area contributed by atoms with Crippen molar-refractivity contribution in [3.05, 3.63) is 23.8 Å². The number of carbonyl (C=O) groups is 1. The lowest BCUT2D eigenvalue weighted by atomic mass is 10.2. The van der Waals surface area contributed by atoms with Gasteiger partial charge in [0.2, 0.25) is 0 Å². The number of phenolic OH excluding ortho intramolecular Hbond substituents is 2. The summed E-state index contributed by atoms with van der Waals surface area (Å²) < 4.78 is 10.1. The van der Waals surface area contributed by atoms with Crippen LogP contribution in [0, 0.1) is 0 Å². The maximum absolute atomic E-state index is 11.7. The van der Waals surface area contributed by atoms with Gasteiger partial charge in [-0.05, 0) is 25.0 Å². The molecule has 0 atom stereocenters. The first kappa shape index (κ1) is 16.3. The first-order valence-electron chi connectivity index (χ1n) is 6.51. The first-order valence-corrected chi connectivity index (χ1v) is 6.51. The van der Waals surface area contributed by atoms with Crippen molar-refractivity contribution >= 4 is 5.91 Å². The van der Waals surface area contributed by atoms with Gasteiger partial charge in [-0.1, -0.05) is 0 Å². The number of ether oxygens (including phenoxy) is 2. The molecule has 0 radical (unpaired) electrons. The second-order valence-corrected chi connectivity index (χ2v) is 4.31. The zero-order valence-electron chi connectivity index (χ0n) is 11.6. The maximum atomic E-state index is 11.7. The summed E-state index contributed by atoms with van der Waals surface area (Å²) in [6.45, 7) is 2.30. The zero-order valence-corrected chi connectivity index (χ0v) is 11.6. The van der Waals surface area contributed by atoms with Gasteiger partial charge in [0.05, 0.1) is 13.2 Å². The minimum absolute atomic E-state index is 0.137. The molecule has 6 nitrogen and oxygen atoms in total. The Labute approximate surface area is 118 Å². The van der Waals surface area contributed by atoms with Crippen molar-refractivity contribution in [2.75, 3.05) is 33.5 Å². The number of methoxy groups -OCH3 is 1. The van der Waals surface area contributed by atoms with Crippen molar-refractivity contribution in [1.82, 2.24) is 5.32 Å². The number of hydrogen-bond acceptors (Lipinski definition) is 5. The molecule has 6 heteroatoms. The highest BCUT2D eigenvalue weighted by atomic mass is 16.5. The minimum atomic E-state index is -0.323. The molecule has 0 aliphatic heterocycles. The van der Waals surface area contributed by atoms with Gasteiger partial charge >= 0.3 is 0 Å². The van der Waals surface area contributed by atoms with Crippen LogP contribution < -0.4 is 5.32 Å². The van der Waals surface area contributed by atoms with E-state index in [9.17, 15) is 15.0 Å². The van der Waals surface area contributed by atoms with Crippen molar-refractivity contribution in [2.24, 2.45) is 0 Å². The Bertz CT molecular complexity index is 402. The molecular formula is C14H21NO5. The molecule has 1 aromatic rings. The zero-order chi connectivity index (χ0) is 14.8. The fourth-order valence-corrected chi connectivity index (χ4v) is 1.60. The quantitative estimate of drug-likeness (QED) is 0.594. The van der Waals surface area contributed by atoms with E-state index in [1.165, 1.54) is 18.2 Å². The molecule has 0 fully saturated rings. The number of aromatic hydroxyl groups is 2. The van der Waals surface area contributed by atoms with Gasteiger partial charge in [0.25, 0.3) is 5.91 Å². The summed E-state index contributed by atoms with van der Waals surface area (Å²) in [5.41, 5.74) is 0.235. The van der Waals surface area contributed by atoms with Gasteiger partial charge in [-0.2, -0.15) is 0 Å². The van der Waals surface area contributed by atoms with Gasteiger partial charge in [0, 0.05) is 31.9 Å². The highest BCUT2D eigenvalue weighted by Crippen LogP contribution is 2.20. The van der Waals surface area contributed by atoms with Crippen molar-refractivity contribution in [3.8, 4) is 11.5 Å². The van der Waals surface area contributed by atoms with E-state index in [4.69, 9.17) is 9.47 Å². The third kappa shape index (κ3) is 6.40. The number of rotatable bonds is 9. The van der Waals surface area contributed by atoms with E-state index in [-0.39, 0.29) is 23.0 Å². The fraction of sp³-hybridized carbons (Fsp3) is 0.500. The summed E-state index contributed by atoms with van der Waals surface area (Å²) in [5, 5.41) is 21.3. The predicted octanol–water partition coefficient (Wildman–Crippen LogP) is 1.27. The number of benzene rings is 1. The van der Waals surface area contributed by atoms with E-state index in [1.54, 1.807) is 7.11 Å². The van der Waals surface area contributed by atoms with Crippen LogP contribution >= 0.6 is 0 Å². The number of carbonyl (C=O) groups excluding carboxylic acids is 1. The summed E-state index contributed by atoms with van der Waals surface area (Å²) in [4.78, 5) is 11.7. The Morgan fingerprint density at radius 2 is 1.80 bits per heavy atom. The molecule has 3 N–H and O–H groups in total. The normalized spacial score (nSPS) is 10.4. The Hall–Kier alpha value is -1.79. The smallest absolute Gasteiger partial charge is 0.251 e. The van der Waals surface area contributed by atoms with E-state index < -0.39 is 0 Å². The van der Waals surface area contributed by atoms with E-state index in [2.05, 4.69) is 5.32 Å². The van der Waals surface area contributed by atoms with Gasteiger partial charge < -0.3 is 25.0 Å². The topological polar surface area (TPSA) is 88.0 Å². The summed E-state index contributed by atoms with van der Waals surface area (Å²) >= 11 is 0. The third-order valence-corrected chi connectivity index (χ3v) is 2.60. The molecule has 20 heavy (non-hydrogen) atoms. The predicted molar refractivity (Wildman–Crippen MR) is 74.0 cm³/mol. The molecule has 1 rings (SSSR count). The molecule has 0 unspecified atom stereocenters. The number of nitrogens with one attached hydrogen (secondary N) is 1. The number of phenols is 2. The van der Waals surface area contributed by atoms with Crippen molar-refractivity contribution in [1.29, 1.82) is 0 Å². The van der Waals surface area contributed by atoms with Gasteiger partial charge in [0.1, 0.15) is 11.5 Å². The Balaban J connectivity index is 2.17. The molecule has 0 heterocycles. The van der Waals surface area contributed by atoms with Gasteiger partial charge in [-0.3, -0.25) is 4.79 Å². The van der Waals surface area contributed by atoms with Gasteiger partial charge in [-0.15, -0.1) is 0 Å². The fourth-order valence-electron chi connectivity index (χ4n) is 1.60. The first-order chi connectivity index (χ1) is 9.63. The van der Waals surface area contributed by atoms with Crippen LogP contribution in [0.5, 0.6) is 11.5 Å². The van der Waals surface area contributed by atoms with Crippen LogP contribution in [0.3, 0.4) is 0 Å². The standard InChI is InChI=1S/C14H21NO5/c1-19-6-7-20-5-3-2-4-15-14(18)11-8-12(16)10-13(17)9-11/h8-10,16-17H,2-7H2,1H3,(H,15,18). The van der Waals surface area contributed by atoms with E-state index in [0.29, 0.717) is 26.4 Å². The lowest BCUT2D eigenvalue weighted by Crippen LogP contribution is -2.24. The molecule has 0 spiro atoms. The molecule has 0 saturated carbocycles. The van der Waals surface area contributed by atoms with Crippen LogP contribution in [0.15, 0.2) is 18.2 Å². The molecule has 1 amide bonds. The van der Waals surface area contributed by atoms with Crippen LogP contribution in [-0.2, 0) is 9.47 Å². The summed E-state index contributed by atoms with van der Waals surface area (Å²) in [6.07, 6.45) is 1.64. The van der Waals surface area contributed by atoms with E-state index >= 15 is 0 Å². The summed E-state index contributed by atoms with van der Waals surface area (Å²) in [7, 11) is 1.62. The summed E-state index contributed by atoms with van der Waals surface area (Å²) in [6, 6.07) is 3.79. The van der Waals surface area contributed by atoms with Crippen molar-refractivity contribution in [2.45, 2.75) is 12.8 Å². The van der Waals surface area contributed by atoms with Crippen molar-refractivity contribution < 1.29 is 24.5 Å². The van der Waals surface area contributed by atoms with E-state index in [1.807, 2.05) is 0 Å². The molecule has 0 aromatic heterocycles. The van der Waals surface area contributed by atoms with Crippen LogP contribution in [0.2, 0.25) is 0 Å². The second kappa shape index (κ2) is 9.17. The molecule has 0 saturated heterocycles. The Morgan fingerprint density at radius 1 is 1.10 bits per heavy atom. The minimum Gasteiger partial charge on any atom is -0.508 e. The lowest BCUT2D eigenvalue weighted by Gasteiger charge is -2.07. The summed E-state index contributed by atoms with van der Waals surface area (Å²) in [5.74, 6) is -0.597. The molecular weight excluding hydrogens is 262 g/mol.